The van der Waals surface area contributed by atoms with Gasteiger partial charge in [-0.3, -0.25) is 0 Å². The van der Waals surface area contributed by atoms with E-state index < -0.39 is 0 Å². The Hall–Kier alpha value is -5.74. The van der Waals surface area contributed by atoms with Crippen LogP contribution in [0.25, 0.3) is 110 Å². The second-order valence-corrected chi connectivity index (χ2v) is 17.1. The van der Waals surface area contributed by atoms with Crippen LogP contribution in [0.1, 0.15) is 33.8 Å². The molecular formula is C62H54Cl2O2SiZr-4. The van der Waals surface area contributed by atoms with Crippen LogP contribution in [0.5, 0.6) is 0 Å². The van der Waals surface area contributed by atoms with Crippen LogP contribution in [-0.4, -0.2) is 6.88 Å². The van der Waals surface area contributed by atoms with Gasteiger partial charge in [0.1, 0.15) is 0 Å². The minimum absolute atomic E-state index is 0. The van der Waals surface area contributed by atoms with E-state index in [1.165, 1.54) is 132 Å². The molecule has 2 radical (unpaired) electrons. The molecule has 2 nitrogen and oxygen atoms in total. The van der Waals surface area contributed by atoms with Crippen LogP contribution >= 0.6 is 24.8 Å². The van der Waals surface area contributed by atoms with Gasteiger partial charge in [-0.25, -0.2) is 0 Å². The predicted molar refractivity (Wildman–Crippen MR) is 297 cm³/mol. The molecule has 12 rings (SSSR count). The van der Waals surface area contributed by atoms with Crippen LogP contribution in [0, 0.1) is 56.4 Å². The Labute approximate surface area is 430 Å². The van der Waals surface area contributed by atoms with E-state index in [9.17, 15) is 0 Å². The van der Waals surface area contributed by atoms with Crippen molar-refractivity contribution in [1.29, 1.82) is 0 Å². The molecule has 6 heteroatoms. The molecule has 0 unspecified atom stereocenters. The first-order valence-electron chi connectivity index (χ1n) is 21.8. The van der Waals surface area contributed by atoms with E-state index in [-0.39, 0.29) is 39.7 Å². The maximum absolute atomic E-state index is 5.93. The van der Waals surface area contributed by atoms with Gasteiger partial charge < -0.3 is 23.7 Å². The molecule has 10 aromatic carbocycles. The van der Waals surface area contributed by atoms with E-state index >= 15 is 0 Å². The van der Waals surface area contributed by atoms with Gasteiger partial charge in [-0.15, -0.1) is 82.8 Å². The molecule has 0 atom stereocenters. The van der Waals surface area contributed by atoms with Crippen LogP contribution in [0.15, 0.2) is 179 Å². The summed E-state index contributed by atoms with van der Waals surface area (Å²) in [7, 11) is 0. The average Bonchev–Trinajstić information content (AvgIpc) is 4.15. The zero-order valence-corrected chi connectivity index (χ0v) is 44.9. The normalized spacial score (nSPS) is 10.7. The van der Waals surface area contributed by atoms with Crippen LogP contribution in [0.4, 0.5) is 0 Å². The molecule has 0 N–H and O–H groups in total. The third-order valence-corrected chi connectivity index (χ3v) is 13.2. The fourth-order valence-corrected chi connectivity index (χ4v) is 9.88. The van der Waals surface area contributed by atoms with Gasteiger partial charge in [-0.2, -0.15) is 0 Å². The Bertz CT molecular complexity index is 3510. The maximum atomic E-state index is 5.93. The minimum atomic E-state index is 0. The summed E-state index contributed by atoms with van der Waals surface area (Å²) in [6.07, 6.45) is 0. The summed E-state index contributed by atoms with van der Waals surface area (Å²) in [5, 5.41) is 15.5. The molecule has 0 aliphatic carbocycles. The van der Waals surface area contributed by atoms with Crippen LogP contribution in [0.2, 0.25) is 0 Å². The van der Waals surface area contributed by atoms with E-state index in [4.69, 9.17) is 8.83 Å². The van der Waals surface area contributed by atoms with Crippen molar-refractivity contribution < 1.29 is 32.2 Å². The second kappa shape index (κ2) is 21.3. The van der Waals surface area contributed by atoms with E-state index in [1.807, 2.05) is 26.0 Å². The van der Waals surface area contributed by atoms with Crippen molar-refractivity contribution in [3.63, 3.8) is 0 Å². The molecule has 0 amide bonds. The van der Waals surface area contributed by atoms with Gasteiger partial charge in [0.15, 0.2) is 0 Å². The molecule has 12 aromatic rings. The quantitative estimate of drug-likeness (QED) is 0.0998. The Balaban J connectivity index is 0.000000205. The van der Waals surface area contributed by atoms with E-state index in [2.05, 4.69) is 192 Å². The molecular weight excluding hydrogens is 967 g/mol. The van der Waals surface area contributed by atoms with Crippen molar-refractivity contribution in [3.8, 4) is 44.9 Å². The van der Waals surface area contributed by atoms with E-state index in [0.29, 0.717) is 0 Å². The second-order valence-electron chi connectivity index (χ2n) is 17.1. The number of fused-ring (bicyclic) bond motifs is 8. The zero-order chi connectivity index (χ0) is 44.2. The molecule has 0 fully saturated rings. The van der Waals surface area contributed by atoms with Crippen molar-refractivity contribution in [3.05, 3.63) is 218 Å². The molecule has 2 aromatic heterocycles. The average molecular weight is 1020 g/mol. The van der Waals surface area contributed by atoms with Crippen LogP contribution in [0.3, 0.4) is 0 Å². The Morgan fingerprint density at radius 3 is 1.07 bits per heavy atom. The first-order chi connectivity index (χ1) is 31.2. The summed E-state index contributed by atoms with van der Waals surface area (Å²) in [6, 6.07) is 61.5. The fraction of sp³-hybridized carbons (Fsp3) is 0.0968. The SMILES string of the molecule is Cc1ccc(-c2cc3c(-c4cc5ccccc5c5ccccc45)c(C)c(C)cc3[cH-]2)o1.Cc1ccc(-c2cc3c(-c4cc5ccccc5c5ccccc45)c(C)c(C)cc3[cH-]2)o1.Cl.Cl.[CH3-].[CH3-].[Si]=[Zr]. The third-order valence-electron chi connectivity index (χ3n) is 13.2. The third kappa shape index (κ3) is 9.13. The predicted octanol–water partition coefficient (Wildman–Crippen LogP) is 18.8. The number of halogens is 2. The van der Waals surface area contributed by atoms with Gasteiger partial charge in [0.05, 0.1) is 23.0 Å². The van der Waals surface area contributed by atoms with Gasteiger partial charge in [0, 0.05) is 0 Å². The monoisotopic (exact) mass is 1020 g/mol. The number of furan rings is 2. The zero-order valence-electron chi connectivity index (χ0n) is 39.8. The van der Waals surface area contributed by atoms with Gasteiger partial charge in [0.2, 0.25) is 0 Å². The van der Waals surface area contributed by atoms with Gasteiger partial charge in [-0.05, 0) is 143 Å². The van der Waals surface area contributed by atoms with Gasteiger partial charge in [-0.1, -0.05) is 130 Å². The Morgan fingerprint density at radius 2 is 0.721 bits per heavy atom. The van der Waals surface area contributed by atoms with Crippen LogP contribution < -0.4 is 0 Å². The molecule has 0 aliphatic heterocycles. The summed E-state index contributed by atoms with van der Waals surface area (Å²) < 4.78 is 11.9. The first kappa shape index (κ1) is 51.6. The number of hydrogen-bond donors (Lipinski definition) is 0. The topological polar surface area (TPSA) is 26.3 Å². The molecule has 0 bridgehead atoms. The molecule has 340 valence electrons. The van der Waals surface area contributed by atoms with Crippen LogP contribution in [-0.2, 0) is 23.3 Å². The Kier molecular flexibility index (Phi) is 16.2. The summed E-state index contributed by atoms with van der Waals surface area (Å²) in [5.41, 5.74) is 12.8. The summed E-state index contributed by atoms with van der Waals surface area (Å²) >= 11 is 1.36. The number of rotatable bonds is 4. The molecule has 0 aliphatic rings. The number of hydrogen-bond acceptors (Lipinski definition) is 2. The van der Waals surface area contributed by atoms with Gasteiger partial charge in [0.25, 0.3) is 0 Å². The van der Waals surface area contributed by atoms with Crippen molar-refractivity contribution in [2.24, 2.45) is 0 Å². The van der Waals surface area contributed by atoms with Crippen molar-refractivity contribution in [1.82, 2.24) is 0 Å². The molecule has 0 spiro atoms. The molecule has 0 saturated carbocycles. The first-order valence-corrected chi connectivity index (χ1v) is 26.0. The Morgan fingerprint density at radius 1 is 0.382 bits per heavy atom. The van der Waals surface area contributed by atoms with Gasteiger partial charge >= 0.3 is 30.2 Å². The van der Waals surface area contributed by atoms with E-state index in [1.54, 1.807) is 0 Å². The molecule has 68 heavy (non-hydrogen) atoms. The van der Waals surface area contributed by atoms with Crippen molar-refractivity contribution in [2.75, 3.05) is 0 Å². The summed E-state index contributed by atoms with van der Waals surface area (Å²) in [5.74, 6) is 3.73. The van der Waals surface area contributed by atoms with Crippen molar-refractivity contribution in [2.45, 2.75) is 41.5 Å². The molecule has 0 saturated heterocycles. The number of aryl methyl sites for hydroxylation is 4. The van der Waals surface area contributed by atoms with E-state index in [0.717, 1.165) is 34.2 Å². The summed E-state index contributed by atoms with van der Waals surface area (Å²) in [6.45, 7) is 16.0. The summed E-state index contributed by atoms with van der Waals surface area (Å²) in [4.78, 5) is 0. The fourth-order valence-electron chi connectivity index (χ4n) is 9.88. The van der Waals surface area contributed by atoms with Crippen molar-refractivity contribution >= 4 is 96.3 Å². The standard InChI is InChI=1S/2C30H23O.2CH3.2ClH.Si.Zr/c2*1-18-14-22-15-23(29-13-12-19(2)31-29)17-27(22)30(20(18)3)28-16-21-8-4-5-9-24(21)25-10-6-7-11-26(25)28;;;;;;/h2*4-17H,1-3H3;2*1H3;2*1H;;/q4*-1;;;;. The molecule has 2 heterocycles. The number of benzene rings is 8.